The normalized spacial score (nSPS) is 27.4. The largest absolute Gasteiger partial charge is 0.388 e. The average molecular weight is 466 g/mol. The second-order valence-corrected chi connectivity index (χ2v) is 9.15. The number of aliphatic hydroxyl groups excluding tert-OH is 3. The molecule has 2 unspecified atom stereocenters. The van der Waals surface area contributed by atoms with Gasteiger partial charge in [-0.15, -0.1) is 0 Å². The Morgan fingerprint density at radius 2 is 1.72 bits per heavy atom. The highest BCUT2D eigenvalue weighted by atomic mass is 32.2. The van der Waals surface area contributed by atoms with Crippen LogP contribution in [-0.4, -0.2) is 63.3 Å². The monoisotopic (exact) mass is 465 g/mol. The van der Waals surface area contributed by atoms with Gasteiger partial charge in [0.05, 0.1) is 12.1 Å². The van der Waals surface area contributed by atoms with Crippen molar-refractivity contribution in [2.45, 2.75) is 77.6 Å². The molecule has 0 saturated carbocycles. The molecule has 9 heteroatoms. The number of rotatable bonds is 10. The predicted octanol–water partition coefficient (Wildman–Crippen LogP) is 2.04. The number of ether oxygens (including phenoxy) is 1. The number of hydrogen-bond donors (Lipinski definition) is 4. The molecule has 0 aromatic heterocycles. The van der Waals surface area contributed by atoms with E-state index in [1.165, 1.54) is 0 Å². The molecule has 1 aliphatic heterocycles. The third-order valence-corrected chi connectivity index (χ3v) is 6.90. The van der Waals surface area contributed by atoms with Gasteiger partial charge in [-0.05, 0) is 49.5 Å². The minimum absolute atomic E-state index is 0.0248. The molecule has 4 N–H and O–H groups in total. The van der Waals surface area contributed by atoms with Gasteiger partial charge < -0.3 is 25.0 Å². The number of nitrogens with zero attached hydrogens (tertiary/aromatic N) is 2. The summed E-state index contributed by atoms with van der Waals surface area (Å²) in [7, 11) is -2.03. The number of nitriles is 1. The van der Waals surface area contributed by atoms with Crippen molar-refractivity contribution < 1.29 is 24.3 Å². The number of nitrogens with one attached hydrogen (secondary N) is 1. The van der Waals surface area contributed by atoms with Gasteiger partial charge in [0.2, 0.25) is 0 Å². The summed E-state index contributed by atoms with van der Waals surface area (Å²) in [4.78, 5) is 2.28. The highest BCUT2D eigenvalue weighted by Gasteiger charge is 2.44. The first kappa shape index (κ1) is 26.5. The quantitative estimate of drug-likeness (QED) is 0.390. The van der Waals surface area contributed by atoms with Gasteiger partial charge in [0.15, 0.2) is 6.29 Å². The Bertz CT molecular complexity index is 833. The van der Waals surface area contributed by atoms with Crippen LogP contribution in [0.3, 0.4) is 0 Å². The summed E-state index contributed by atoms with van der Waals surface area (Å²) in [5, 5.41) is 40.4. The highest BCUT2D eigenvalue weighted by molar-refractivity contribution is 7.87. The molecule has 0 bridgehead atoms. The lowest BCUT2D eigenvalue weighted by Gasteiger charge is -2.40. The number of anilines is 1. The number of hydrogen-bond acceptors (Lipinski definition) is 7. The van der Waals surface area contributed by atoms with E-state index >= 15 is 0 Å². The van der Waals surface area contributed by atoms with Crippen LogP contribution in [0.5, 0.6) is 0 Å². The van der Waals surface area contributed by atoms with Gasteiger partial charge in [0, 0.05) is 18.8 Å². The smallest absolute Gasteiger partial charge is 0.174 e. The predicted molar refractivity (Wildman–Crippen MR) is 126 cm³/mol. The van der Waals surface area contributed by atoms with E-state index in [0.717, 1.165) is 37.2 Å². The highest BCUT2D eigenvalue weighted by Crippen LogP contribution is 2.26. The standard InChI is InChI=1S/C23H35N3O5S/c1-5-12-26(13-6-2)17-10-8-16(9-11-17)15(4)19(14-24)32(30)25-20-22(28)21(27)18(7-3)31-23(20)29/h8-11,18,20-23,25,27-29H,5-7,12-13H2,1-4H3/b19-15+/t18-,20-,21-,22-,23?,32?/m1/s1. The molecule has 1 aromatic carbocycles. The van der Waals surface area contributed by atoms with Gasteiger partial charge in [0.1, 0.15) is 34.2 Å². The fourth-order valence-corrected chi connectivity index (χ4v) is 4.92. The van der Waals surface area contributed by atoms with Crippen molar-refractivity contribution in [2.75, 3.05) is 18.0 Å². The fourth-order valence-electron chi connectivity index (χ4n) is 3.82. The first-order valence-electron chi connectivity index (χ1n) is 11.1. The second-order valence-electron chi connectivity index (χ2n) is 7.97. The van der Waals surface area contributed by atoms with Crippen LogP contribution in [0.1, 0.15) is 52.5 Å². The van der Waals surface area contributed by atoms with Gasteiger partial charge in [0.25, 0.3) is 0 Å². The zero-order valence-electron chi connectivity index (χ0n) is 19.2. The van der Waals surface area contributed by atoms with Crippen molar-refractivity contribution >= 4 is 22.2 Å². The van der Waals surface area contributed by atoms with Gasteiger partial charge in [-0.3, -0.25) is 0 Å². The van der Waals surface area contributed by atoms with E-state index in [-0.39, 0.29) is 4.91 Å². The molecule has 1 fully saturated rings. The first-order chi connectivity index (χ1) is 15.3. The number of aliphatic hydroxyl groups is 3. The van der Waals surface area contributed by atoms with Crippen LogP contribution in [0.25, 0.3) is 5.57 Å². The Balaban J connectivity index is 2.21. The summed E-state index contributed by atoms with van der Waals surface area (Å²) in [5.74, 6) is 0. The Hall–Kier alpha value is -1.80. The summed E-state index contributed by atoms with van der Waals surface area (Å²) < 4.78 is 20.8. The Morgan fingerprint density at radius 3 is 2.22 bits per heavy atom. The van der Waals surface area contributed by atoms with E-state index in [1.54, 1.807) is 13.8 Å². The van der Waals surface area contributed by atoms with Crippen LogP contribution in [0.2, 0.25) is 0 Å². The molecule has 32 heavy (non-hydrogen) atoms. The molecule has 1 saturated heterocycles. The van der Waals surface area contributed by atoms with Crippen molar-refractivity contribution in [3.8, 4) is 6.07 Å². The Labute approximate surface area is 193 Å². The van der Waals surface area contributed by atoms with E-state index in [1.807, 2.05) is 30.3 Å². The Morgan fingerprint density at radius 1 is 1.12 bits per heavy atom. The maximum absolute atomic E-state index is 12.9. The van der Waals surface area contributed by atoms with Crippen LogP contribution in [0, 0.1) is 11.3 Å². The molecule has 1 aromatic rings. The molecule has 178 valence electrons. The Kier molecular flexibility index (Phi) is 10.3. The van der Waals surface area contributed by atoms with Crippen LogP contribution in [-0.2, 0) is 15.7 Å². The van der Waals surface area contributed by atoms with Gasteiger partial charge in [-0.2, -0.15) is 5.26 Å². The van der Waals surface area contributed by atoms with E-state index in [4.69, 9.17) is 4.74 Å². The zero-order chi connectivity index (χ0) is 23.8. The topological polar surface area (TPSA) is 126 Å². The van der Waals surface area contributed by atoms with Gasteiger partial charge >= 0.3 is 0 Å². The molecular formula is C23H35N3O5S. The molecule has 0 aliphatic carbocycles. The number of benzene rings is 1. The molecule has 0 radical (unpaired) electrons. The third kappa shape index (κ3) is 6.16. The van der Waals surface area contributed by atoms with Crippen LogP contribution >= 0.6 is 0 Å². The van der Waals surface area contributed by atoms with Gasteiger partial charge in [-0.1, -0.05) is 32.9 Å². The summed E-state index contributed by atoms with van der Waals surface area (Å²) in [6.07, 6.45) is -2.34. The summed E-state index contributed by atoms with van der Waals surface area (Å²) in [5.41, 5.74) is 2.36. The second kappa shape index (κ2) is 12.4. The molecule has 8 nitrogen and oxygen atoms in total. The third-order valence-electron chi connectivity index (χ3n) is 5.65. The average Bonchev–Trinajstić information content (AvgIpc) is 2.79. The lowest BCUT2D eigenvalue weighted by Crippen LogP contribution is -2.62. The zero-order valence-corrected chi connectivity index (χ0v) is 20.0. The summed E-state index contributed by atoms with van der Waals surface area (Å²) in [6.45, 7) is 9.65. The maximum Gasteiger partial charge on any atom is 0.174 e. The summed E-state index contributed by atoms with van der Waals surface area (Å²) >= 11 is 0. The number of allylic oxidation sites excluding steroid dienone is 2. The molecule has 0 amide bonds. The van der Waals surface area contributed by atoms with Gasteiger partial charge in [-0.25, -0.2) is 8.93 Å². The van der Waals surface area contributed by atoms with E-state index in [2.05, 4.69) is 23.5 Å². The van der Waals surface area contributed by atoms with E-state index in [0.29, 0.717) is 12.0 Å². The van der Waals surface area contributed by atoms with Crippen molar-refractivity contribution in [1.82, 2.24) is 4.72 Å². The maximum atomic E-state index is 12.9. The minimum atomic E-state index is -2.03. The van der Waals surface area contributed by atoms with Crippen molar-refractivity contribution in [3.05, 3.63) is 34.7 Å². The van der Waals surface area contributed by atoms with Crippen molar-refractivity contribution in [2.24, 2.45) is 0 Å². The van der Waals surface area contributed by atoms with E-state index < -0.39 is 41.6 Å². The first-order valence-corrected chi connectivity index (χ1v) is 12.3. The molecule has 6 atom stereocenters. The lowest BCUT2D eigenvalue weighted by atomic mass is 9.96. The fraction of sp³-hybridized carbons (Fsp3) is 0.609. The SMILES string of the molecule is CCCN(CCC)c1ccc(/C(C)=C(\C#N)S(=O)N[C@H]2C(O)O[C@H](CC)[C@@H](O)[C@@H]2O)cc1. The molecule has 1 aliphatic rings. The van der Waals surface area contributed by atoms with Crippen molar-refractivity contribution in [3.63, 3.8) is 0 Å². The molecular weight excluding hydrogens is 430 g/mol. The van der Waals surface area contributed by atoms with Crippen LogP contribution < -0.4 is 9.62 Å². The summed E-state index contributed by atoms with van der Waals surface area (Å²) in [6, 6.07) is 8.51. The molecule has 2 rings (SSSR count). The lowest BCUT2D eigenvalue weighted by molar-refractivity contribution is -0.244. The van der Waals surface area contributed by atoms with Crippen LogP contribution in [0.15, 0.2) is 29.2 Å². The van der Waals surface area contributed by atoms with Crippen molar-refractivity contribution in [1.29, 1.82) is 5.26 Å². The minimum Gasteiger partial charge on any atom is -0.388 e. The van der Waals surface area contributed by atoms with E-state index in [9.17, 15) is 24.8 Å². The van der Waals surface area contributed by atoms with Crippen LogP contribution in [0.4, 0.5) is 5.69 Å². The molecule has 0 spiro atoms. The molecule has 1 heterocycles.